The molecular formula is C9H8N4O2. The summed E-state index contributed by atoms with van der Waals surface area (Å²) in [6.45, 7) is 0. The molecule has 15 heavy (non-hydrogen) atoms. The number of fused-ring (bicyclic) bond motifs is 1. The van der Waals surface area contributed by atoms with E-state index >= 15 is 0 Å². The molecule has 0 fully saturated rings. The SMILES string of the molecule is NNC(=O)Oc1cnc2cccnc2c1. The second kappa shape index (κ2) is 3.89. The van der Waals surface area contributed by atoms with Crippen molar-refractivity contribution in [3.05, 3.63) is 30.6 Å². The summed E-state index contributed by atoms with van der Waals surface area (Å²) in [4.78, 5) is 18.9. The zero-order valence-electron chi connectivity index (χ0n) is 7.68. The molecule has 2 aromatic rings. The molecule has 0 unspecified atom stereocenters. The maximum atomic E-state index is 10.8. The third-order valence-electron chi connectivity index (χ3n) is 1.75. The molecule has 2 heterocycles. The molecule has 6 nitrogen and oxygen atoms in total. The second-order valence-electron chi connectivity index (χ2n) is 2.75. The summed E-state index contributed by atoms with van der Waals surface area (Å²) in [6, 6.07) is 5.20. The van der Waals surface area contributed by atoms with Crippen LogP contribution in [0.3, 0.4) is 0 Å². The van der Waals surface area contributed by atoms with Crippen molar-refractivity contribution in [2.75, 3.05) is 0 Å². The Morgan fingerprint density at radius 1 is 1.40 bits per heavy atom. The van der Waals surface area contributed by atoms with Crippen molar-refractivity contribution in [1.82, 2.24) is 15.4 Å². The van der Waals surface area contributed by atoms with E-state index in [0.29, 0.717) is 11.3 Å². The van der Waals surface area contributed by atoms with Crippen LogP contribution in [-0.2, 0) is 0 Å². The molecular weight excluding hydrogens is 196 g/mol. The molecule has 0 aliphatic heterocycles. The van der Waals surface area contributed by atoms with Gasteiger partial charge in [0.2, 0.25) is 0 Å². The van der Waals surface area contributed by atoms with Gasteiger partial charge in [-0.1, -0.05) is 0 Å². The first kappa shape index (κ1) is 9.35. The first-order valence-electron chi connectivity index (χ1n) is 4.19. The normalized spacial score (nSPS) is 9.93. The Labute approximate surface area is 85.1 Å². The fourth-order valence-electron chi connectivity index (χ4n) is 1.13. The number of carbonyl (C=O) groups excluding carboxylic acids is 1. The van der Waals surface area contributed by atoms with Gasteiger partial charge in [-0.3, -0.25) is 15.4 Å². The number of ether oxygens (including phenoxy) is 1. The van der Waals surface area contributed by atoms with Crippen LogP contribution in [0.15, 0.2) is 30.6 Å². The van der Waals surface area contributed by atoms with E-state index in [1.165, 1.54) is 6.20 Å². The van der Waals surface area contributed by atoms with Crippen molar-refractivity contribution in [3.8, 4) is 5.75 Å². The average Bonchev–Trinajstić information content (AvgIpc) is 2.29. The third-order valence-corrected chi connectivity index (χ3v) is 1.75. The van der Waals surface area contributed by atoms with Gasteiger partial charge < -0.3 is 4.74 Å². The molecule has 0 saturated heterocycles. The van der Waals surface area contributed by atoms with Crippen molar-refractivity contribution in [1.29, 1.82) is 0 Å². The van der Waals surface area contributed by atoms with Crippen LogP contribution in [0, 0.1) is 0 Å². The number of hydrogen-bond acceptors (Lipinski definition) is 5. The molecule has 1 amide bonds. The Balaban J connectivity index is 2.34. The summed E-state index contributed by atoms with van der Waals surface area (Å²) >= 11 is 0. The Hall–Kier alpha value is -2.21. The minimum absolute atomic E-state index is 0.296. The number of pyridine rings is 2. The van der Waals surface area contributed by atoms with Crippen LogP contribution in [0.2, 0.25) is 0 Å². The van der Waals surface area contributed by atoms with Crippen LogP contribution < -0.4 is 16.0 Å². The number of amides is 1. The predicted octanol–water partition coefficient (Wildman–Crippen LogP) is 0.592. The Morgan fingerprint density at radius 3 is 3.07 bits per heavy atom. The largest absolute Gasteiger partial charge is 0.426 e. The molecule has 76 valence electrons. The van der Waals surface area contributed by atoms with Gasteiger partial charge in [-0.2, -0.15) is 0 Å². The highest BCUT2D eigenvalue weighted by Gasteiger charge is 2.03. The highest BCUT2D eigenvalue weighted by atomic mass is 16.6. The summed E-state index contributed by atoms with van der Waals surface area (Å²) in [5.74, 6) is 5.17. The van der Waals surface area contributed by atoms with Gasteiger partial charge in [0.1, 0.15) is 0 Å². The molecule has 0 saturated carbocycles. The smallest absolute Gasteiger partial charge is 0.408 e. The van der Waals surface area contributed by atoms with E-state index in [1.807, 2.05) is 11.5 Å². The van der Waals surface area contributed by atoms with Crippen molar-refractivity contribution < 1.29 is 9.53 Å². The maximum absolute atomic E-state index is 10.8. The highest BCUT2D eigenvalue weighted by Crippen LogP contribution is 2.15. The van der Waals surface area contributed by atoms with E-state index in [-0.39, 0.29) is 0 Å². The van der Waals surface area contributed by atoms with Gasteiger partial charge >= 0.3 is 6.09 Å². The van der Waals surface area contributed by atoms with Gasteiger partial charge in [0.15, 0.2) is 5.75 Å². The van der Waals surface area contributed by atoms with Crippen LogP contribution in [0.25, 0.3) is 11.0 Å². The number of carbonyl (C=O) groups is 1. The molecule has 0 atom stereocenters. The molecule has 0 radical (unpaired) electrons. The summed E-state index contributed by atoms with van der Waals surface area (Å²) in [6.07, 6.45) is 2.32. The molecule has 0 bridgehead atoms. The molecule has 0 aliphatic carbocycles. The van der Waals surface area contributed by atoms with Gasteiger partial charge in [-0.05, 0) is 12.1 Å². The summed E-state index contributed by atoms with van der Waals surface area (Å²) in [5.41, 5.74) is 3.24. The van der Waals surface area contributed by atoms with Gasteiger partial charge in [-0.25, -0.2) is 10.6 Å². The van der Waals surface area contributed by atoms with Gasteiger partial charge in [0, 0.05) is 12.3 Å². The maximum Gasteiger partial charge on any atom is 0.426 e. The lowest BCUT2D eigenvalue weighted by Crippen LogP contribution is -2.32. The molecule has 2 rings (SSSR count). The van der Waals surface area contributed by atoms with E-state index in [9.17, 15) is 4.79 Å². The van der Waals surface area contributed by atoms with E-state index in [2.05, 4.69) is 9.97 Å². The highest BCUT2D eigenvalue weighted by molar-refractivity contribution is 5.76. The minimum atomic E-state index is -0.743. The Kier molecular flexibility index (Phi) is 2.42. The zero-order chi connectivity index (χ0) is 10.7. The lowest BCUT2D eigenvalue weighted by molar-refractivity contribution is 0.200. The monoisotopic (exact) mass is 204 g/mol. The minimum Gasteiger partial charge on any atom is -0.408 e. The topological polar surface area (TPSA) is 90.1 Å². The quantitative estimate of drug-likeness (QED) is 0.403. The summed E-state index contributed by atoms with van der Waals surface area (Å²) in [7, 11) is 0. The number of aromatic nitrogens is 2. The van der Waals surface area contributed by atoms with Crippen LogP contribution in [0.5, 0.6) is 5.75 Å². The number of hydrogen-bond donors (Lipinski definition) is 2. The van der Waals surface area contributed by atoms with Crippen LogP contribution >= 0.6 is 0 Å². The van der Waals surface area contributed by atoms with E-state index in [4.69, 9.17) is 10.6 Å². The van der Waals surface area contributed by atoms with E-state index in [0.717, 1.165) is 5.52 Å². The molecule has 0 spiro atoms. The number of hydrazine groups is 1. The number of nitrogens with zero attached hydrogens (tertiary/aromatic N) is 2. The first-order valence-corrected chi connectivity index (χ1v) is 4.19. The van der Waals surface area contributed by atoms with Crippen LogP contribution in [-0.4, -0.2) is 16.1 Å². The molecule has 6 heteroatoms. The third kappa shape index (κ3) is 2.00. The van der Waals surface area contributed by atoms with Crippen LogP contribution in [0.4, 0.5) is 4.79 Å². The van der Waals surface area contributed by atoms with Crippen molar-refractivity contribution in [2.24, 2.45) is 5.84 Å². The average molecular weight is 204 g/mol. The summed E-state index contributed by atoms with van der Waals surface area (Å²) < 4.78 is 4.79. The zero-order valence-corrected chi connectivity index (χ0v) is 7.68. The van der Waals surface area contributed by atoms with Crippen molar-refractivity contribution in [2.45, 2.75) is 0 Å². The van der Waals surface area contributed by atoms with Crippen molar-refractivity contribution in [3.63, 3.8) is 0 Å². The van der Waals surface area contributed by atoms with Crippen molar-refractivity contribution >= 4 is 17.1 Å². The predicted molar refractivity (Wildman–Crippen MR) is 52.9 cm³/mol. The Morgan fingerprint density at radius 2 is 2.27 bits per heavy atom. The summed E-state index contributed by atoms with van der Waals surface area (Å²) in [5, 5.41) is 0. The molecule has 3 N–H and O–H groups in total. The fourth-order valence-corrected chi connectivity index (χ4v) is 1.13. The number of nitrogens with one attached hydrogen (secondary N) is 1. The standard InChI is InChI=1S/C9H8N4O2/c10-13-9(14)15-6-4-8-7(12-5-6)2-1-3-11-8/h1-5H,10H2,(H,13,14). The second-order valence-corrected chi connectivity index (χ2v) is 2.75. The van der Waals surface area contributed by atoms with Crippen LogP contribution in [0.1, 0.15) is 0 Å². The lowest BCUT2D eigenvalue weighted by Gasteiger charge is -2.02. The van der Waals surface area contributed by atoms with Gasteiger partial charge in [0.25, 0.3) is 0 Å². The first-order chi connectivity index (χ1) is 7.29. The van der Waals surface area contributed by atoms with Gasteiger partial charge in [0.05, 0.1) is 17.2 Å². The van der Waals surface area contributed by atoms with E-state index < -0.39 is 6.09 Å². The Bertz CT molecular complexity index is 500. The molecule has 2 aromatic heterocycles. The molecule has 0 aliphatic rings. The fraction of sp³-hybridized carbons (Fsp3) is 0. The number of nitrogens with two attached hydrogens (primary N) is 1. The molecule has 0 aromatic carbocycles. The lowest BCUT2D eigenvalue weighted by atomic mass is 10.3. The van der Waals surface area contributed by atoms with Gasteiger partial charge in [-0.15, -0.1) is 0 Å². The number of rotatable bonds is 1. The van der Waals surface area contributed by atoms with E-state index in [1.54, 1.807) is 18.3 Å².